The molecule has 6 aromatic heterocycles. The minimum Gasteiger partial charge on any atom is -0.308 e. The van der Waals surface area contributed by atoms with Crippen molar-refractivity contribution in [3.63, 3.8) is 0 Å². The van der Waals surface area contributed by atoms with E-state index < -0.39 is 21.7 Å². The fraction of sp³-hybridized carbons (Fsp3) is 0.229. The van der Waals surface area contributed by atoms with E-state index in [1.807, 2.05) is 22.7 Å². The van der Waals surface area contributed by atoms with Crippen LogP contribution in [0, 0.1) is 0 Å². The highest BCUT2D eigenvalue weighted by Crippen LogP contribution is 2.52. The Balaban J connectivity index is 1.11. The molecule has 4 heteroatoms. The number of nitrogens with zero attached hydrogens (tertiary/aromatic N) is 2. The summed E-state index contributed by atoms with van der Waals surface area (Å²) >= 11 is 3.67. The molecule has 0 fully saturated rings. The minimum absolute atomic E-state index is 0.247. The molecule has 2 nitrogen and oxygen atoms in total. The molecule has 0 radical (unpaired) electrons. The zero-order valence-corrected chi connectivity index (χ0v) is 45.7. The van der Waals surface area contributed by atoms with Gasteiger partial charge < -0.3 is 8.80 Å². The molecule has 0 N–H and O–H groups in total. The Kier molecular flexibility index (Phi) is 7.53. The maximum atomic E-state index is 9.86. The summed E-state index contributed by atoms with van der Waals surface area (Å²) < 4.78 is 68.3. The number of aromatic nitrogens is 2. The molecule has 362 valence electrons. The first-order valence-electron chi connectivity index (χ1n) is 29.1. The summed E-state index contributed by atoms with van der Waals surface area (Å²) in [7, 11) is 0. The van der Waals surface area contributed by atoms with Gasteiger partial charge in [-0.1, -0.05) is 180 Å². The molecule has 0 saturated carbocycles. The standard InChI is InChI=1S/C70H60N2S2/c1-67(2,3)41-25-39(26-42(31-41)68(4,5)6)37-21-23-47-55(29-37)71-57-35-50-52-34-54-46-18-14-16-20-60(46)74-66(54)62-48-24-22-38(40-27-43(69(7,8)9)32-44(28-40)70(10,11)12)30-56(48)72(64(52)62)58(50)36-49(57)51-33-53-45-17-13-15-19-59(45)73-65(53)61(47)63(51)71/h13-36H,1-12H3/i25D,26D,27D,28D,31D,32D. The second kappa shape index (κ2) is 14.4. The number of rotatable bonds is 2. The highest BCUT2D eigenvalue weighted by Gasteiger charge is 2.29. The molecule has 15 rings (SSSR count). The number of fused-ring (bicyclic) bond motifs is 20. The Bertz CT molecular complexity index is 4880. The van der Waals surface area contributed by atoms with Crippen LogP contribution in [0.4, 0.5) is 0 Å². The predicted octanol–water partition coefficient (Wildman–Crippen LogP) is 21.2. The molecule has 15 aromatic rings. The van der Waals surface area contributed by atoms with Gasteiger partial charge in [0.15, 0.2) is 0 Å². The summed E-state index contributed by atoms with van der Waals surface area (Å²) in [4.78, 5) is 0. The van der Waals surface area contributed by atoms with E-state index in [9.17, 15) is 8.22 Å². The first-order valence-corrected chi connectivity index (χ1v) is 27.7. The zero-order chi connectivity index (χ0) is 56.1. The highest BCUT2D eigenvalue weighted by molar-refractivity contribution is 7.27. The smallest absolute Gasteiger partial charge is 0.0635 e. The van der Waals surface area contributed by atoms with Crippen LogP contribution in [-0.4, -0.2) is 8.80 Å². The van der Waals surface area contributed by atoms with Crippen molar-refractivity contribution in [1.29, 1.82) is 0 Å². The molecule has 0 atom stereocenters. The van der Waals surface area contributed by atoms with Gasteiger partial charge in [-0.3, -0.25) is 0 Å². The Labute approximate surface area is 448 Å². The van der Waals surface area contributed by atoms with Gasteiger partial charge in [-0.25, -0.2) is 0 Å². The van der Waals surface area contributed by atoms with Crippen molar-refractivity contribution in [2.75, 3.05) is 0 Å². The summed E-state index contributed by atoms with van der Waals surface area (Å²) in [6.07, 6.45) is 0. The van der Waals surface area contributed by atoms with Gasteiger partial charge in [0.1, 0.15) is 0 Å². The lowest BCUT2D eigenvalue weighted by atomic mass is 9.79. The first-order chi connectivity index (χ1) is 37.8. The zero-order valence-electron chi connectivity index (χ0n) is 50.1. The van der Waals surface area contributed by atoms with Gasteiger partial charge in [0.05, 0.1) is 41.3 Å². The van der Waals surface area contributed by atoms with Crippen LogP contribution >= 0.6 is 22.7 Å². The Morgan fingerprint density at radius 1 is 0.324 bits per heavy atom. The molecule has 0 spiro atoms. The van der Waals surface area contributed by atoms with Gasteiger partial charge in [-0.15, -0.1) is 22.7 Å². The van der Waals surface area contributed by atoms with E-state index >= 15 is 0 Å². The van der Waals surface area contributed by atoms with Gasteiger partial charge in [-0.05, 0) is 115 Å². The molecule has 0 saturated heterocycles. The SMILES string of the molecule is [2H]c1c(-c2ccc3c4c5sc6ccccc6c5cc5c6cc7c(cc6n(c3c2)c54)c2cc3c4ccccc4sc3c3c4ccc(-c5c([2H])c(C(C)(C)C)c([2H])c(C(C)(C)C)c5[2H])cc4n7c23)c([2H])c(C(C)(C)C)c([2H])c1C(C)(C)C. The molecule has 0 aliphatic heterocycles. The molecular weight excluding hydrogens is 933 g/mol. The minimum atomic E-state index is -0.496. The van der Waals surface area contributed by atoms with Crippen molar-refractivity contribution >= 4 is 139 Å². The molecule has 74 heavy (non-hydrogen) atoms. The van der Waals surface area contributed by atoms with Crippen LogP contribution in [0.1, 0.15) is 114 Å². The number of hydrogen-bond donors (Lipinski definition) is 0. The van der Waals surface area contributed by atoms with Crippen molar-refractivity contribution in [1.82, 2.24) is 8.80 Å². The van der Waals surface area contributed by atoms with Crippen molar-refractivity contribution < 1.29 is 8.22 Å². The normalized spacial score (nSPS) is 14.8. The lowest BCUT2D eigenvalue weighted by Gasteiger charge is -2.26. The largest absolute Gasteiger partial charge is 0.308 e. The molecule has 0 aliphatic carbocycles. The van der Waals surface area contributed by atoms with Crippen LogP contribution in [0.15, 0.2) is 145 Å². The monoisotopic (exact) mass is 998 g/mol. The Morgan fingerprint density at radius 2 is 0.676 bits per heavy atom. The number of thiophene rings is 2. The van der Waals surface area contributed by atoms with Crippen LogP contribution in [0.2, 0.25) is 0 Å². The second-order valence-corrected chi connectivity index (χ2v) is 27.4. The van der Waals surface area contributed by atoms with Crippen LogP contribution in [0.25, 0.3) is 139 Å². The highest BCUT2D eigenvalue weighted by atomic mass is 32.1. The molecular formula is C70H60N2S2. The third kappa shape index (κ3) is 6.10. The molecule has 0 bridgehead atoms. The molecule has 9 aromatic carbocycles. The lowest BCUT2D eigenvalue weighted by molar-refractivity contribution is 0.568. The number of hydrogen-bond acceptors (Lipinski definition) is 2. The van der Waals surface area contributed by atoms with Crippen LogP contribution in [0.5, 0.6) is 0 Å². The van der Waals surface area contributed by atoms with Crippen LogP contribution in [0.3, 0.4) is 0 Å². The van der Waals surface area contributed by atoms with E-state index in [1.54, 1.807) is 0 Å². The quantitative estimate of drug-likeness (QED) is 0.163. The summed E-state index contributed by atoms with van der Waals surface area (Å²) in [5.41, 5.74) is 9.89. The molecule has 0 unspecified atom stereocenters. The van der Waals surface area contributed by atoms with Crippen molar-refractivity contribution in [2.24, 2.45) is 0 Å². The molecule has 6 heterocycles. The van der Waals surface area contributed by atoms with Gasteiger partial charge in [0.2, 0.25) is 0 Å². The van der Waals surface area contributed by atoms with E-state index in [0.29, 0.717) is 45.5 Å². The fourth-order valence-electron chi connectivity index (χ4n) is 12.1. The third-order valence-electron chi connectivity index (χ3n) is 16.0. The fourth-order valence-corrected chi connectivity index (χ4v) is 14.6. The maximum absolute atomic E-state index is 9.86. The van der Waals surface area contributed by atoms with Gasteiger partial charge in [0, 0.05) is 83.4 Å². The van der Waals surface area contributed by atoms with Crippen LogP contribution < -0.4 is 0 Å². The maximum Gasteiger partial charge on any atom is 0.0635 e. The van der Waals surface area contributed by atoms with E-state index in [4.69, 9.17) is 0 Å². The van der Waals surface area contributed by atoms with Gasteiger partial charge >= 0.3 is 0 Å². The van der Waals surface area contributed by atoms with Gasteiger partial charge in [-0.2, -0.15) is 0 Å². The molecule has 0 amide bonds. The predicted molar refractivity (Wildman–Crippen MR) is 327 cm³/mol. The van der Waals surface area contributed by atoms with Crippen LogP contribution in [-0.2, 0) is 21.7 Å². The van der Waals surface area contributed by atoms with Gasteiger partial charge in [0.25, 0.3) is 0 Å². The van der Waals surface area contributed by atoms with Crippen molar-refractivity contribution in [3.8, 4) is 22.3 Å². The number of benzene rings is 9. The van der Waals surface area contributed by atoms with E-state index in [1.165, 1.54) is 51.1 Å². The Hall–Kier alpha value is -6.98. The summed E-state index contributed by atoms with van der Waals surface area (Å²) in [6.45, 7) is 24.9. The van der Waals surface area contributed by atoms with E-state index in [0.717, 1.165) is 76.5 Å². The average Bonchev–Trinajstić information content (AvgIpc) is 3.17. The van der Waals surface area contributed by atoms with Crippen molar-refractivity contribution in [2.45, 2.75) is 105 Å². The summed E-state index contributed by atoms with van der Waals surface area (Å²) in [6, 6.07) is 41.8. The first kappa shape index (κ1) is 38.6. The average molecular weight is 999 g/mol. The molecule has 0 aliphatic rings. The Morgan fingerprint density at radius 3 is 1.04 bits per heavy atom. The third-order valence-corrected chi connectivity index (χ3v) is 18.4. The summed E-state index contributed by atoms with van der Waals surface area (Å²) in [5, 5.41) is 14.1. The van der Waals surface area contributed by atoms with Crippen molar-refractivity contribution in [3.05, 3.63) is 168 Å². The lowest BCUT2D eigenvalue weighted by Crippen LogP contribution is -2.16. The van der Waals surface area contributed by atoms with E-state index in [2.05, 4.69) is 201 Å². The van der Waals surface area contributed by atoms with E-state index in [-0.39, 0.29) is 24.2 Å². The second-order valence-electron chi connectivity index (χ2n) is 25.3. The summed E-state index contributed by atoms with van der Waals surface area (Å²) in [5.74, 6) is 0. The topological polar surface area (TPSA) is 8.82 Å².